The van der Waals surface area contributed by atoms with Crippen LogP contribution in [0.25, 0.3) is 105 Å². The van der Waals surface area contributed by atoms with Crippen LogP contribution in [0.1, 0.15) is 34.1 Å². The third kappa shape index (κ3) is 5.06. The summed E-state index contributed by atoms with van der Waals surface area (Å²) in [5, 5.41) is 23.2. The van der Waals surface area contributed by atoms with Gasteiger partial charge in [-0.05, 0) is 119 Å². The number of hydrogen-bond acceptors (Lipinski definition) is 5. The fraction of sp³-hybridized carbons (Fsp3) is 0.105. The van der Waals surface area contributed by atoms with Crippen molar-refractivity contribution >= 4 is 65.4 Å². The molecule has 12 aromatic rings. The molecule has 2 aliphatic carbocycles. The molecule has 0 aliphatic heterocycles. The van der Waals surface area contributed by atoms with Crippen LogP contribution in [0.3, 0.4) is 0 Å². The minimum atomic E-state index is 0.269. The van der Waals surface area contributed by atoms with Crippen molar-refractivity contribution in [2.75, 3.05) is 27.2 Å². The van der Waals surface area contributed by atoms with Gasteiger partial charge in [0.15, 0.2) is 0 Å². The minimum absolute atomic E-state index is 0.269. The van der Waals surface area contributed by atoms with Gasteiger partial charge >= 0.3 is 0 Å². The minimum Gasteiger partial charge on any atom is -0.319 e. The van der Waals surface area contributed by atoms with Crippen molar-refractivity contribution in [1.29, 1.82) is 0 Å². The molecule has 4 heterocycles. The second-order valence-corrected chi connectivity index (χ2v) is 17.7. The average molecular weight is 839 g/mol. The van der Waals surface area contributed by atoms with Crippen molar-refractivity contribution < 1.29 is 0 Å². The quantitative estimate of drug-likeness (QED) is 0.167. The summed E-state index contributed by atoms with van der Waals surface area (Å²) in [7, 11) is 4.10. The lowest BCUT2D eigenvalue weighted by atomic mass is 9.96. The van der Waals surface area contributed by atoms with E-state index in [4.69, 9.17) is 4.98 Å². The van der Waals surface area contributed by atoms with Crippen molar-refractivity contribution in [1.82, 2.24) is 39.5 Å². The Hall–Kier alpha value is -7.91. The standard InChI is InChI=1S/C57H42N8/c1-58-31-49-37-13-5-3-11-35(37)43-27-47-39-15-7-9-17-51(39)63(55(47)29-45(43)49)33-19-21-41-42-22-20-34(26-54(42)65(53(41)25-33)57-60-23-24-61-62-57)64-52-18-10-8-16-40(52)48-28-44-36-12-4-6-14-38(36)50(32-59-2)46(44)30-56(48)64/h3-30,49-50,58-59H,31-32H2,1-2H3. The van der Waals surface area contributed by atoms with Gasteiger partial charge in [-0.2, -0.15) is 5.10 Å². The Morgan fingerprint density at radius 2 is 0.862 bits per heavy atom. The van der Waals surface area contributed by atoms with E-state index in [1.807, 2.05) is 14.1 Å². The Morgan fingerprint density at radius 1 is 0.400 bits per heavy atom. The molecule has 310 valence electrons. The summed E-state index contributed by atoms with van der Waals surface area (Å²) in [4.78, 5) is 4.84. The number of nitrogens with one attached hydrogen (secondary N) is 2. The van der Waals surface area contributed by atoms with Crippen molar-refractivity contribution in [2.24, 2.45) is 0 Å². The molecular formula is C57H42N8. The number of fused-ring (bicyclic) bond motifs is 15. The Balaban J connectivity index is 1.00. The molecule has 8 nitrogen and oxygen atoms in total. The average Bonchev–Trinajstić information content (AvgIpc) is 4.12. The molecule has 0 saturated carbocycles. The highest BCUT2D eigenvalue weighted by atomic mass is 15.3. The Labute approximate surface area is 374 Å². The highest BCUT2D eigenvalue weighted by Crippen LogP contribution is 2.50. The molecule has 0 radical (unpaired) electrons. The van der Waals surface area contributed by atoms with Gasteiger partial charge in [-0.15, -0.1) is 5.10 Å². The summed E-state index contributed by atoms with van der Waals surface area (Å²) in [6.07, 6.45) is 3.37. The van der Waals surface area contributed by atoms with E-state index in [1.165, 1.54) is 88.1 Å². The molecule has 0 spiro atoms. The molecule has 2 atom stereocenters. The number of para-hydroxylation sites is 2. The molecule has 0 saturated heterocycles. The smallest absolute Gasteiger partial charge is 0.254 e. The van der Waals surface area contributed by atoms with Crippen LogP contribution in [0.2, 0.25) is 0 Å². The molecular weight excluding hydrogens is 797 g/mol. The number of rotatable bonds is 7. The van der Waals surface area contributed by atoms with Gasteiger partial charge in [0.2, 0.25) is 0 Å². The highest BCUT2D eigenvalue weighted by molar-refractivity contribution is 6.15. The monoisotopic (exact) mass is 838 g/mol. The molecule has 2 unspecified atom stereocenters. The maximum atomic E-state index is 4.84. The van der Waals surface area contributed by atoms with Gasteiger partial charge in [-0.3, -0.25) is 4.57 Å². The Morgan fingerprint density at radius 3 is 1.35 bits per heavy atom. The van der Waals surface area contributed by atoms with E-state index in [0.717, 1.165) is 46.3 Å². The zero-order chi connectivity index (χ0) is 42.9. The van der Waals surface area contributed by atoms with Gasteiger partial charge in [0.05, 0.1) is 45.5 Å². The van der Waals surface area contributed by atoms with Gasteiger partial charge in [-0.25, -0.2) is 4.98 Å². The zero-order valence-electron chi connectivity index (χ0n) is 35.9. The lowest BCUT2D eigenvalue weighted by molar-refractivity contribution is 0.720. The van der Waals surface area contributed by atoms with E-state index in [2.05, 4.69) is 192 Å². The molecule has 2 aliphatic rings. The Bertz CT molecular complexity index is 3710. The molecule has 0 bridgehead atoms. The van der Waals surface area contributed by atoms with E-state index in [-0.39, 0.29) is 11.8 Å². The second kappa shape index (κ2) is 13.8. The summed E-state index contributed by atoms with van der Waals surface area (Å²) >= 11 is 0. The van der Waals surface area contributed by atoms with Crippen LogP contribution in [-0.2, 0) is 0 Å². The topological polar surface area (TPSA) is 77.5 Å². The van der Waals surface area contributed by atoms with Gasteiger partial charge in [0, 0.05) is 68.6 Å². The molecule has 4 aromatic heterocycles. The van der Waals surface area contributed by atoms with Crippen LogP contribution in [0.15, 0.2) is 170 Å². The van der Waals surface area contributed by atoms with Crippen LogP contribution in [0, 0.1) is 0 Å². The molecule has 8 aromatic carbocycles. The summed E-state index contributed by atoms with van der Waals surface area (Å²) in [5.41, 5.74) is 19.7. The van der Waals surface area contributed by atoms with E-state index in [0.29, 0.717) is 5.95 Å². The van der Waals surface area contributed by atoms with E-state index >= 15 is 0 Å². The molecule has 65 heavy (non-hydrogen) atoms. The van der Waals surface area contributed by atoms with Crippen LogP contribution < -0.4 is 10.6 Å². The first-order valence-electron chi connectivity index (χ1n) is 22.5. The van der Waals surface area contributed by atoms with E-state index in [9.17, 15) is 0 Å². The SMILES string of the molecule is CNCC1c2ccccc2-c2cc3c4ccccc4n(-c4ccc5c6ccc(-n7c8ccccc8c8cc9c(cc87)C(CNC)c7ccccc7-9)cc6n(-c6nccnn6)c5c4)c3cc21. The third-order valence-corrected chi connectivity index (χ3v) is 14.4. The summed E-state index contributed by atoms with van der Waals surface area (Å²) in [5.74, 6) is 1.07. The fourth-order valence-electron chi connectivity index (χ4n) is 11.8. The lowest BCUT2D eigenvalue weighted by Crippen LogP contribution is -2.16. The van der Waals surface area contributed by atoms with Crippen molar-refractivity contribution in [3.63, 3.8) is 0 Å². The maximum absolute atomic E-state index is 4.84. The normalized spacial score (nSPS) is 15.2. The molecule has 0 fully saturated rings. The molecule has 2 N–H and O–H groups in total. The highest BCUT2D eigenvalue weighted by Gasteiger charge is 2.32. The molecule has 8 heteroatoms. The summed E-state index contributed by atoms with van der Waals surface area (Å²) in [6, 6.07) is 58.9. The first-order chi connectivity index (χ1) is 32.2. The number of hydrogen-bond donors (Lipinski definition) is 2. The molecule has 0 amide bonds. The van der Waals surface area contributed by atoms with Gasteiger partial charge in [0.1, 0.15) is 0 Å². The van der Waals surface area contributed by atoms with Crippen LogP contribution in [0.5, 0.6) is 0 Å². The van der Waals surface area contributed by atoms with Crippen LogP contribution >= 0.6 is 0 Å². The predicted molar refractivity (Wildman–Crippen MR) is 265 cm³/mol. The van der Waals surface area contributed by atoms with Crippen LogP contribution in [-0.4, -0.2) is 56.1 Å². The first kappa shape index (κ1) is 36.6. The van der Waals surface area contributed by atoms with Crippen LogP contribution in [0.4, 0.5) is 0 Å². The number of likely N-dealkylation sites (N-methyl/N-ethyl adjacent to an activating group) is 2. The summed E-state index contributed by atoms with van der Waals surface area (Å²) in [6.45, 7) is 1.74. The molecule has 14 rings (SSSR count). The van der Waals surface area contributed by atoms with Crippen molar-refractivity contribution in [3.8, 4) is 39.6 Å². The third-order valence-electron chi connectivity index (χ3n) is 14.4. The number of benzene rings is 8. The van der Waals surface area contributed by atoms with Crippen molar-refractivity contribution in [2.45, 2.75) is 11.8 Å². The first-order valence-corrected chi connectivity index (χ1v) is 22.5. The van der Waals surface area contributed by atoms with E-state index in [1.54, 1.807) is 12.4 Å². The van der Waals surface area contributed by atoms with Gasteiger partial charge < -0.3 is 19.8 Å². The van der Waals surface area contributed by atoms with E-state index < -0.39 is 0 Å². The number of aromatic nitrogens is 6. The predicted octanol–water partition coefficient (Wildman–Crippen LogP) is 11.8. The largest absolute Gasteiger partial charge is 0.319 e. The number of nitrogens with zero attached hydrogens (tertiary/aromatic N) is 6. The zero-order valence-corrected chi connectivity index (χ0v) is 35.9. The van der Waals surface area contributed by atoms with Gasteiger partial charge in [0.25, 0.3) is 5.95 Å². The fourth-order valence-corrected chi connectivity index (χ4v) is 11.8. The summed E-state index contributed by atoms with van der Waals surface area (Å²) < 4.78 is 7.08. The second-order valence-electron chi connectivity index (χ2n) is 17.7. The maximum Gasteiger partial charge on any atom is 0.254 e. The van der Waals surface area contributed by atoms with Crippen molar-refractivity contribution in [3.05, 3.63) is 192 Å². The lowest BCUT2D eigenvalue weighted by Gasteiger charge is -2.14. The van der Waals surface area contributed by atoms with Gasteiger partial charge in [-0.1, -0.05) is 97.1 Å². The Kier molecular flexibility index (Phi) is 7.76.